The fourth-order valence-corrected chi connectivity index (χ4v) is 1.55. The third kappa shape index (κ3) is 1.86. The van der Waals surface area contributed by atoms with E-state index in [1.807, 2.05) is 0 Å². The Bertz CT molecular complexity index is 511. The molecule has 0 aliphatic carbocycles. The molecule has 0 saturated heterocycles. The van der Waals surface area contributed by atoms with Crippen LogP contribution in [0.15, 0.2) is 35.3 Å². The van der Waals surface area contributed by atoms with Crippen LogP contribution in [0.3, 0.4) is 0 Å². The molecule has 0 spiro atoms. The summed E-state index contributed by atoms with van der Waals surface area (Å²) in [5.74, 6) is 0.366. The maximum atomic E-state index is 10.4. The van der Waals surface area contributed by atoms with Crippen LogP contribution in [0.1, 0.15) is 0 Å². The molecule has 0 N–H and O–H groups in total. The number of hydrogen-bond donors (Lipinski definition) is 0. The van der Waals surface area contributed by atoms with Gasteiger partial charge in [0.05, 0.1) is 4.47 Å². The van der Waals surface area contributed by atoms with Crippen molar-refractivity contribution >= 4 is 21.7 Å². The fraction of sp³-hybridized carbons (Fsp3) is 0. The quantitative estimate of drug-likeness (QED) is 0.616. The first-order valence-electron chi connectivity index (χ1n) is 3.98. The molecule has 0 unspecified atom stereocenters. The van der Waals surface area contributed by atoms with E-state index in [-0.39, 0.29) is 5.82 Å². The van der Waals surface area contributed by atoms with Gasteiger partial charge in [-0.3, -0.25) is 4.57 Å². The van der Waals surface area contributed by atoms with Crippen LogP contribution in [0, 0.1) is 10.1 Å². The van der Waals surface area contributed by atoms with Crippen LogP contribution in [-0.2, 0) is 0 Å². The number of imidazole rings is 1. The largest absolute Gasteiger partial charge is 0.381 e. The van der Waals surface area contributed by atoms with E-state index in [1.54, 1.807) is 18.3 Å². The Labute approximate surface area is 92.9 Å². The average molecular weight is 269 g/mol. The summed E-state index contributed by atoms with van der Waals surface area (Å²) in [5.41, 5.74) is 0. The molecule has 6 nitrogen and oxygen atoms in total. The minimum atomic E-state index is -0.548. The lowest BCUT2D eigenvalue weighted by atomic mass is 10.4. The highest BCUT2D eigenvalue weighted by Crippen LogP contribution is 2.19. The van der Waals surface area contributed by atoms with Gasteiger partial charge in [0.15, 0.2) is 5.82 Å². The topological polar surface area (TPSA) is 73.8 Å². The van der Waals surface area contributed by atoms with Gasteiger partial charge in [0, 0.05) is 6.20 Å². The maximum absolute atomic E-state index is 10.4. The van der Waals surface area contributed by atoms with Crippen molar-refractivity contribution in [2.45, 2.75) is 0 Å². The predicted octanol–water partition coefficient (Wildman–Crippen LogP) is 1.94. The molecule has 2 aromatic heterocycles. The fourth-order valence-electron chi connectivity index (χ4n) is 1.09. The summed E-state index contributed by atoms with van der Waals surface area (Å²) in [6.45, 7) is 0. The van der Waals surface area contributed by atoms with Gasteiger partial charge in [-0.05, 0) is 38.0 Å². The number of aromatic nitrogens is 3. The second kappa shape index (κ2) is 3.77. The lowest BCUT2D eigenvalue weighted by Gasteiger charge is -2.00. The van der Waals surface area contributed by atoms with Crippen LogP contribution >= 0.6 is 15.9 Å². The smallest absolute Gasteiger partial charge is 0.358 e. The first-order chi connectivity index (χ1) is 7.18. The van der Waals surface area contributed by atoms with Crippen molar-refractivity contribution in [1.82, 2.24) is 14.5 Å². The summed E-state index contributed by atoms with van der Waals surface area (Å²) in [5, 5.41) is 10.4. The number of hydrogen-bond acceptors (Lipinski definition) is 4. The number of rotatable bonds is 2. The standard InChI is InChI=1S/C8H5BrN4O2/c9-6-2-1-3-10-8(6)12-4-7(11-5-12)13(14)15/h1-5H. The van der Waals surface area contributed by atoms with E-state index in [1.165, 1.54) is 17.1 Å². The summed E-state index contributed by atoms with van der Waals surface area (Å²) in [7, 11) is 0. The Morgan fingerprint density at radius 2 is 2.27 bits per heavy atom. The van der Waals surface area contributed by atoms with Gasteiger partial charge in [0.1, 0.15) is 6.20 Å². The second-order valence-corrected chi connectivity index (χ2v) is 3.56. The Balaban J connectivity index is 2.46. The molecule has 0 atom stereocenters. The number of halogens is 1. The molecule has 2 aromatic rings. The molecule has 2 rings (SSSR count). The Morgan fingerprint density at radius 3 is 2.87 bits per heavy atom. The molecule has 15 heavy (non-hydrogen) atoms. The van der Waals surface area contributed by atoms with Crippen molar-refractivity contribution in [2.75, 3.05) is 0 Å². The van der Waals surface area contributed by atoms with Gasteiger partial charge in [-0.15, -0.1) is 0 Å². The molecule has 0 fully saturated rings. The molecular formula is C8H5BrN4O2. The van der Waals surface area contributed by atoms with Crippen molar-refractivity contribution in [3.05, 3.63) is 45.4 Å². The molecule has 0 aliphatic heterocycles. The molecule has 0 aromatic carbocycles. The normalized spacial score (nSPS) is 10.2. The molecule has 0 aliphatic rings. The third-order valence-corrected chi connectivity index (χ3v) is 2.36. The van der Waals surface area contributed by atoms with Gasteiger partial charge in [-0.25, -0.2) is 4.98 Å². The Hall–Kier alpha value is -1.76. The van der Waals surface area contributed by atoms with Gasteiger partial charge >= 0.3 is 5.82 Å². The van der Waals surface area contributed by atoms with E-state index in [9.17, 15) is 10.1 Å². The van der Waals surface area contributed by atoms with Gasteiger partial charge in [-0.1, -0.05) is 0 Å². The molecule has 0 amide bonds. The number of pyridine rings is 1. The number of nitrogens with zero attached hydrogens (tertiary/aromatic N) is 4. The Morgan fingerprint density at radius 1 is 1.47 bits per heavy atom. The molecule has 2 heterocycles. The van der Waals surface area contributed by atoms with E-state index in [2.05, 4.69) is 25.9 Å². The Kier molecular flexibility index (Phi) is 2.46. The lowest BCUT2D eigenvalue weighted by molar-refractivity contribution is -0.389. The maximum Gasteiger partial charge on any atom is 0.381 e. The van der Waals surface area contributed by atoms with Crippen molar-refractivity contribution in [3.8, 4) is 5.82 Å². The first-order valence-corrected chi connectivity index (χ1v) is 4.77. The third-order valence-electron chi connectivity index (χ3n) is 1.74. The first kappa shape index (κ1) is 9.78. The molecule has 0 bridgehead atoms. The predicted molar refractivity (Wildman–Crippen MR) is 55.7 cm³/mol. The van der Waals surface area contributed by atoms with Crippen LogP contribution in [0.4, 0.5) is 5.82 Å². The average Bonchev–Trinajstić information content (AvgIpc) is 2.67. The zero-order valence-corrected chi connectivity index (χ0v) is 8.96. The highest BCUT2D eigenvalue weighted by molar-refractivity contribution is 9.10. The van der Waals surface area contributed by atoms with Crippen molar-refractivity contribution < 1.29 is 4.92 Å². The monoisotopic (exact) mass is 268 g/mol. The zero-order chi connectivity index (χ0) is 10.8. The molecule has 76 valence electrons. The summed E-state index contributed by atoms with van der Waals surface area (Å²) in [4.78, 5) is 17.6. The van der Waals surface area contributed by atoms with E-state index in [0.717, 1.165) is 4.47 Å². The molecular weight excluding hydrogens is 264 g/mol. The van der Waals surface area contributed by atoms with Crippen LogP contribution in [0.2, 0.25) is 0 Å². The highest BCUT2D eigenvalue weighted by atomic mass is 79.9. The van der Waals surface area contributed by atoms with Crippen LogP contribution in [0.25, 0.3) is 5.82 Å². The van der Waals surface area contributed by atoms with Gasteiger partial charge < -0.3 is 10.1 Å². The second-order valence-electron chi connectivity index (χ2n) is 2.71. The van der Waals surface area contributed by atoms with Gasteiger partial charge in [0.2, 0.25) is 6.33 Å². The van der Waals surface area contributed by atoms with Crippen LogP contribution in [0.5, 0.6) is 0 Å². The summed E-state index contributed by atoms with van der Waals surface area (Å²) in [6.07, 6.45) is 4.27. The van der Waals surface area contributed by atoms with Crippen LogP contribution in [-0.4, -0.2) is 19.5 Å². The van der Waals surface area contributed by atoms with Gasteiger partial charge in [-0.2, -0.15) is 0 Å². The lowest BCUT2D eigenvalue weighted by Crippen LogP contribution is -1.94. The summed E-state index contributed by atoms with van der Waals surface area (Å²) in [6, 6.07) is 3.56. The zero-order valence-electron chi connectivity index (χ0n) is 7.37. The molecule has 0 saturated carbocycles. The van der Waals surface area contributed by atoms with E-state index >= 15 is 0 Å². The number of nitro groups is 1. The summed E-state index contributed by atoms with van der Waals surface area (Å²) < 4.78 is 2.24. The van der Waals surface area contributed by atoms with Crippen LogP contribution < -0.4 is 0 Å². The van der Waals surface area contributed by atoms with Crippen molar-refractivity contribution in [3.63, 3.8) is 0 Å². The van der Waals surface area contributed by atoms with E-state index in [0.29, 0.717) is 5.82 Å². The van der Waals surface area contributed by atoms with Crippen molar-refractivity contribution in [1.29, 1.82) is 0 Å². The minimum absolute atomic E-state index is 0.201. The minimum Gasteiger partial charge on any atom is -0.358 e. The SMILES string of the molecule is O=[N+]([O-])c1cn(-c2ncccc2Br)cn1. The molecule has 7 heteroatoms. The molecule has 0 radical (unpaired) electrons. The highest BCUT2D eigenvalue weighted by Gasteiger charge is 2.12. The van der Waals surface area contributed by atoms with E-state index in [4.69, 9.17) is 0 Å². The van der Waals surface area contributed by atoms with E-state index < -0.39 is 4.92 Å². The van der Waals surface area contributed by atoms with Gasteiger partial charge in [0.25, 0.3) is 0 Å². The van der Waals surface area contributed by atoms with Crippen molar-refractivity contribution in [2.24, 2.45) is 0 Å². The summed E-state index contributed by atoms with van der Waals surface area (Å²) >= 11 is 3.30.